The second-order valence-electron chi connectivity index (χ2n) is 4.64. The molecule has 0 N–H and O–H groups in total. The molecule has 0 aliphatic carbocycles. The molecule has 0 saturated carbocycles. The molecule has 84 valence electrons. The van der Waals surface area contributed by atoms with E-state index in [1.54, 1.807) is 6.08 Å². The highest BCUT2D eigenvalue weighted by molar-refractivity contribution is 5.33. The van der Waals surface area contributed by atoms with Crippen LogP contribution in [-0.2, 0) is 9.59 Å². The van der Waals surface area contributed by atoms with E-state index in [2.05, 4.69) is 30.8 Å². The lowest BCUT2D eigenvalue weighted by Crippen LogP contribution is -2.19. The van der Waals surface area contributed by atoms with Gasteiger partial charge in [0.15, 0.2) is 0 Å². The lowest BCUT2D eigenvalue weighted by molar-refractivity contribution is 0.280. The molecular weight excluding hydrogens is 192 g/mol. The summed E-state index contributed by atoms with van der Waals surface area (Å²) >= 11 is 0. The zero-order valence-electron chi connectivity index (χ0n) is 9.62. The molecule has 0 aromatic rings. The van der Waals surface area contributed by atoms with Crippen LogP contribution in [0.15, 0.2) is 9.98 Å². The summed E-state index contributed by atoms with van der Waals surface area (Å²) in [6.07, 6.45) is 4.90. The van der Waals surface area contributed by atoms with Gasteiger partial charge in [-0.05, 0) is 24.2 Å². The fourth-order valence-corrected chi connectivity index (χ4v) is 1.69. The second-order valence-corrected chi connectivity index (χ2v) is 4.64. The van der Waals surface area contributed by atoms with Gasteiger partial charge in [-0.1, -0.05) is 20.8 Å². The summed E-state index contributed by atoms with van der Waals surface area (Å²) < 4.78 is 0. The van der Waals surface area contributed by atoms with Crippen molar-refractivity contribution in [2.45, 2.75) is 33.6 Å². The highest BCUT2D eigenvalue weighted by Gasteiger charge is 2.20. The van der Waals surface area contributed by atoms with Crippen molar-refractivity contribution in [2.75, 3.05) is 13.1 Å². The van der Waals surface area contributed by atoms with E-state index in [1.165, 1.54) is 6.08 Å². The summed E-state index contributed by atoms with van der Waals surface area (Å²) in [4.78, 5) is 27.0. The number of aliphatic imine (C=N–C) groups is 2. The zero-order valence-corrected chi connectivity index (χ0v) is 9.62. The summed E-state index contributed by atoms with van der Waals surface area (Å²) in [5.74, 6) is 0.457. The molecule has 0 aliphatic rings. The molecule has 0 radical (unpaired) electrons. The molecule has 0 bridgehead atoms. The Balaban J connectivity index is 3.96. The summed E-state index contributed by atoms with van der Waals surface area (Å²) in [5, 5.41) is 0. The van der Waals surface area contributed by atoms with E-state index >= 15 is 0 Å². The van der Waals surface area contributed by atoms with Crippen LogP contribution in [0.1, 0.15) is 33.6 Å². The maximum Gasteiger partial charge on any atom is 0.234 e. The molecule has 0 heterocycles. The Labute approximate surface area is 90.5 Å². The Morgan fingerprint density at radius 1 is 1.20 bits per heavy atom. The predicted octanol–water partition coefficient (Wildman–Crippen LogP) is 2.10. The fourth-order valence-electron chi connectivity index (χ4n) is 1.69. The summed E-state index contributed by atoms with van der Waals surface area (Å²) in [6.45, 7) is 7.25. The predicted molar refractivity (Wildman–Crippen MR) is 58.2 cm³/mol. The molecule has 0 rings (SSSR count). The molecule has 0 aromatic carbocycles. The molecule has 0 aromatic heterocycles. The summed E-state index contributed by atoms with van der Waals surface area (Å²) in [7, 11) is 0. The molecule has 1 atom stereocenters. The minimum absolute atomic E-state index is 0.00171. The minimum Gasteiger partial charge on any atom is -0.211 e. The van der Waals surface area contributed by atoms with E-state index in [4.69, 9.17) is 0 Å². The molecule has 0 unspecified atom stereocenters. The molecule has 0 aliphatic heterocycles. The van der Waals surface area contributed by atoms with Crippen molar-refractivity contribution in [2.24, 2.45) is 21.3 Å². The van der Waals surface area contributed by atoms with E-state index in [1.807, 2.05) is 0 Å². The largest absolute Gasteiger partial charge is 0.234 e. The van der Waals surface area contributed by atoms with Gasteiger partial charge in [-0.25, -0.2) is 19.6 Å². The van der Waals surface area contributed by atoms with Crippen molar-refractivity contribution in [1.29, 1.82) is 0 Å². The maximum atomic E-state index is 10.00. The Hall–Kier alpha value is -1.24. The number of nitrogens with zero attached hydrogens (tertiary/aromatic N) is 2. The first-order chi connectivity index (χ1) is 7.02. The third-order valence-corrected chi connectivity index (χ3v) is 2.27. The molecular formula is C11H18N2O2. The van der Waals surface area contributed by atoms with Gasteiger partial charge in [-0.2, -0.15) is 0 Å². The van der Waals surface area contributed by atoms with Crippen LogP contribution < -0.4 is 0 Å². The van der Waals surface area contributed by atoms with Gasteiger partial charge in [0.1, 0.15) is 0 Å². The molecule has 0 saturated heterocycles. The smallest absolute Gasteiger partial charge is 0.211 e. The van der Waals surface area contributed by atoms with Gasteiger partial charge >= 0.3 is 0 Å². The van der Waals surface area contributed by atoms with E-state index in [0.29, 0.717) is 19.0 Å². The van der Waals surface area contributed by atoms with Crippen LogP contribution >= 0.6 is 0 Å². The molecule has 4 nitrogen and oxygen atoms in total. The van der Waals surface area contributed by atoms with Gasteiger partial charge in [0.05, 0.1) is 13.1 Å². The zero-order chi connectivity index (χ0) is 11.7. The van der Waals surface area contributed by atoms with Gasteiger partial charge < -0.3 is 0 Å². The number of isocyanates is 2. The van der Waals surface area contributed by atoms with E-state index in [-0.39, 0.29) is 5.41 Å². The molecule has 0 fully saturated rings. The quantitative estimate of drug-likeness (QED) is 0.477. The Morgan fingerprint density at radius 3 is 2.33 bits per heavy atom. The number of carbonyl (C=O) groups excluding carboxylic acids is 2. The minimum atomic E-state index is 0.00171. The van der Waals surface area contributed by atoms with Gasteiger partial charge in [-0.3, -0.25) is 0 Å². The van der Waals surface area contributed by atoms with Crippen molar-refractivity contribution in [3.8, 4) is 0 Å². The summed E-state index contributed by atoms with van der Waals surface area (Å²) in [6, 6.07) is 0. The van der Waals surface area contributed by atoms with E-state index in [9.17, 15) is 9.59 Å². The van der Waals surface area contributed by atoms with Gasteiger partial charge in [0.25, 0.3) is 0 Å². The molecule has 4 heteroatoms. The van der Waals surface area contributed by atoms with E-state index in [0.717, 1.165) is 12.8 Å². The monoisotopic (exact) mass is 210 g/mol. The number of hydrogen-bond acceptors (Lipinski definition) is 4. The van der Waals surface area contributed by atoms with Crippen molar-refractivity contribution >= 4 is 12.2 Å². The van der Waals surface area contributed by atoms with Crippen molar-refractivity contribution in [3.05, 3.63) is 0 Å². The van der Waals surface area contributed by atoms with Crippen molar-refractivity contribution < 1.29 is 9.59 Å². The van der Waals surface area contributed by atoms with Crippen LogP contribution in [0.2, 0.25) is 0 Å². The third-order valence-electron chi connectivity index (χ3n) is 2.27. The first kappa shape index (κ1) is 13.8. The van der Waals surface area contributed by atoms with Gasteiger partial charge in [0.2, 0.25) is 12.2 Å². The number of hydrogen-bond donors (Lipinski definition) is 0. The average Bonchev–Trinajstić information content (AvgIpc) is 2.14. The third kappa shape index (κ3) is 7.80. The highest BCUT2D eigenvalue weighted by atomic mass is 16.1. The first-order valence-corrected chi connectivity index (χ1v) is 5.09. The fraction of sp³-hybridized carbons (Fsp3) is 0.818. The molecule has 0 spiro atoms. The first-order valence-electron chi connectivity index (χ1n) is 5.09. The average molecular weight is 210 g/mol. The normalized spacial score (nSPS) is 12.5. The van der Waals surface area contributed by atoms with Gasteiger partial charge in [0, 0.05) is 0 Å². The standard InChI is InChI=1S/C11H18N2O2/c1-10(4-5-12-8-14)6-11(2,3)7-13-9-15/h10H,4-7H2,1-3H3/t10-/m1/s1. The maximum absolute atomic E-state index is 10.00. The van der Waals surface area contributed by atoms with Crippen LogP contribution in [0, 0.1) is 11.3 Å². The van der Waals surface area contributed by atoms with Crippen molar-refractivity contribution in [3.63, 3.8) is 0 Å². The van der Waals surface area contributed by atoms with Crippen LogP contribution in [0.5, 0.6) is 0 Å². The van der Waals surface area contributed by atoms with Crippen LogP contribution in [0.4, 0.5) is 0 Å². The second kappa shape index (κ2) is 7.10. The Kier molecular flexibility index (Phi) is 6.52. The highest BCUT2D eigenvalue weighted by Crippen LogP contribution is 2.27. The van der Waals surface area contributed by atoms with Crippen LogP contribution in [0.25, 0.3) is 0 Å². The molecule has 0 amide bonds. The SMILES string of the molecule is C[C@H](CCN=C=O)CC(C)(C)CN=C=O. The summed E-state index contributed by atoms with van der Waals surface area (Å²) in [5.41, 5.74) is 0.00171. The topological polar surface area (TPSA) is 58.9 Å². The van der Waals surface area contributed by atoms with Crippen LogP contribution in [-0.4, -0.2) is 25.2 Å². The lowest BCUT2D eigenvalue weighted by Gasteiger charge is -2.25. The Bertz CT molecular complexity index is 274. The van der Waals surface area contributed by atoms with Crippen LogP contribution in [0.3, 0.4) is 0 Å². The Morgan fingerprint density at radius 2 is 1.80 bits per heavy atom. The lowest BCUT2D eigenvalue weighted by atomic mass is 9.82. The van der Waals surface area contributed by atoms with Gasteiger partial charge in [-0.15, -0.1) is 0 Å². The number of rotatable bonds is 7. The molecule has 15 heavy (non-hydrogen) atoms. The van der Waals surface area contributed by atoms with Crippen molar-refractivity contribution in [1.82, 2.24) is 0 Å². The van der Waals surface area contributed by atoms with E-state index < -0.39 is 0 Å².